The minimum Gasteiger partial charge on any atom is -0.376 e. The number of halogens is 1. The topological polar surface area (TPSA) is 44.8 Å². The fourth-order valence-corrected chi connectivity index (χ4v) is 3.51. The maximum absolute atomic E-state index is 12.2. The van der Waals surface area contributed by atoms with Crippen LogP contribution in [0.15, 0.2) is 28.7 Å². The number of rotatable bonds is 3. The van der Waals surface area contributed by atoms with Gasteiger partial charge < -0.3 is 19.9 Å². The summed E-state index contributed by atoms with van der Waals surface area (Å²) in [6, 6.07) is 8.25. The zero-order chi connectivity index (χ0) is 15.4. The summed E-state index contributed by atoms with van der Waals surface area (Å²) < 4.78 is 6.64. The molecule has 1 atom stereocenters. The third-order valence-corrected chi connectivity index (χ3v) is 4.94. The highest BCUT2D eigenvalue weighted by Gasteiger charge is 2.23. The van der Waals surface area contributed by atoms with Gasteiger partial charge in [0.05, 0.1) is 11.8 Å². The van der Waals surface area contributed by atoms with Crippen LogP contribution in [0.25, 0.3) is 0 Å². The van der Waals surface area contributed by atoms with Crippen molar-refractivity contribution in [3.05, 3.63) is 28.7 Å². The van der Waals surface area contributed by atoms with Gasteiger partial charge in [0.15, 0.2) is 0 Å². The minimum absolute atomic E-state index is 0.0299. The lowest BCUT2D eigenvalue weighted by molar-refractivity contribution is 0.108. The molecule has 1 unspecified atom stereocenters. The van der Waals surface area contributed by atoms with Crippen LogP contribution in [0.3, 0.4) is 0 Å². The van der Waals surface area contributed by atoms with Crippen LogP contribution >= 0.6 is 15.9 Å². The maximum Gasteiger partial charge on any atom is 0.317 e. The Hall–Kier alpha value is -1.27. The van der Waals surface area contributed by atoms with Crippen molar-refractivity contribution in [3.8, 4) is 0 Å². The Morgan fingerprint density at radius 2 is 2.05 bits per heavy atom. The van der Waals surface area contributed by atoms with Crippen LogP contribution in [0, 0.1) is 0 Å². The number of para-hydroxylation sites is 1. The largest absolute Gasteiger partial charge is 0.376 e. The van der Waals surface area contributed by atoms with Crippen molar-refractivity contribution < 1.29 is 9.53 Å². The molecule has 2 amide bonds. The smallest absolute Gasteiger partial charge is 0.317 e. The van der Waals surface area contributed by atoms with Gasteiger partial charge in [0, 0.05) is 43.8 Å². The first kappa shape index (κ1) is 15.6. The Morgan fingerprint density at radius 1 is 1.27 bits per heavy atom. The number of hydrogen-bond donors (Lipinski definition) is 1. The zero-order valence-electron chi connectivity index (χ0n) is 12.6. The summed E-state index contributed by atoms with van der Waals surface area (Å²) in [4.78, 5) is 16.4. The Bertz CT molecular complexity index is 512. The van der Waals surface area contributed by atoms with E-state index >= 15 is 0 Å². The normalized spacial score (nSPS) is 22.0. The molecule has 0 radical (unpaired) electrons. The Morgan fingerprint density at radius 3 is 2.73 bits per heavy atom. The summed E-state index contributed by atoms with van der Waals surface area (Å²) in [6.45, 7) is 4.66. The Labute approximate surface area is 139 Å². The molecule has 5 nitrogen and oxygen atoms in total. The number of nitrogens with zero attached hydrogens (tertiary/aromatic N) is 2. The van der Waals surface area contributed by atoms with Gasteiger partial charge in [0.25, 0.3) is 0 Å². The van der Waals surface area contributed by atoms with Crippen LogP contribution in [0.1, 0.15) is 12.8 Å². The Balaban J connectivity index is 1.46. The lowest BCUT2D eigenvalue weighted by Gasteiger charge is -2.36. The van der Waals surface area contributed by atoms with Crippen molar-refractivity contribution >= 4 is 27.6 Å². The lowest BCUT2D eigenvalue weighted by atomic mass is 10.2. The quantitative estimate of drug-likeness (QED) is 0.892. The van der Waals surface area contributed by atoms with E-state index in [0.717, 1.165) is 50.1 Å². The van der Waals surface area contributed by atoms with Crippen molar-refractivity contribution in [2.24, 2.45) is 0 Å². The van der Waals surface area contributed by atoms with Gasteiger partial charge in [-0.2, -0.15) is 0 Å². The molecule has 1 aromatic rings. The average Bonchev–Trinajstić information content (AvgIpc) is 3.07. The second-order valence-electron chi connectivity index (χ2n) is 5.75. The number of anilines is 1. The molecule has 0 spiro atoms. The summed E-state index contributed by atoms with van der Waals surface area (Å²) in [5.41, 5.74) is 1.20. The van der Waals surface area contributed by atoms with Gasteiger partial charge in [-0.15, -0.1) is 0 Å². The maximum atomic E-state index is 12.2. The predicted octanol–water partition coefficient (Wildman–Crippen LogP) is 2.46. The van der Waals surface area contributed by atoms with E-state index < -0.39 is 0 Å². The molecule has 0 aliphatic carbocycles. The number of carbonyl (C=O) groups is 1. The second kappa shape index (κ2) is 7.33. The molecule has 2 heterocycles. The van der Waals surface area contributed by atoms with E-state index in [0.29, 0.717) is 6.54 Å². The van der Waals surface area contributed by atoms with Gasteiger partial charge in [0.1, 0.15) is 0 Å². The molecule has 2 aliphatic heterocycles. The average molecular weight is 368 g/mol. The first-order chi connectivity index (χ1) is 10.7. The summed E-state index contributed by atoms with van der Waals surface area (Å²) >= 11 is 3.59. The molecular formula is C16H22BrN3O2. The van der Waals surface area contributed by atoms with Crippen molar-refractivity contribution in [1.29, 1.82) is 0 Å². The summed E-state index contributed by atoms with van der Waals surface area (Å²) in [5, 5.41) is 2.99. The molecule has 1 N–H and O–H groups in total. The van der Waals surface area contributed by atoms with Gasteiger partial charge in [0.2, 0.25) is 0 Å². The van der Waals surface area contributed by atoms with E-state index in [2.05, 4.69) is 38.3 Å². The van der Waals surface area contributed by atoms with E-state index in [1.54, 1.807) is 0 Å². The SMILES string of the molecule is O=C(NCC1CCCO1)N1CCN(c2ccccc2Br)CC1. The number of carbonyl (C=O) groups excluding carboxylic acids is 1. The first-order valence-electron chi connectivity index (χ1n) is 7.88. The highest BCUT2D eigenvalue weighted by atomic mass is 79.9. The molecule has 6 heteroatoms. The van der Waals surface area contributed by atoms with Crippen LogP contribution in [-0.4, -0.2) is 56.4 Å². The third-order valence-electron chi connectivity index (χ3n) is 4.26. The molecule has 2 fully saturated rings. The van der Waals surface area contributed by atoms with Crippen LogP contribution in [-0.2, 0) is 4.74 Å². The summed E-state index contributed by atoms with van der Waals surface area (Å²) in [7, 11) is 0. The molecule has 22 heavy (non-hydrogen) atoms. The number of nitrogens with one attached hydrogen (secondary N) is 1. The molecule has 120 valence electrons. The number of benzene rings is 1. The summed E-state index contributed by atoms with van der Waals surface area (Å²) in [6.07, 6.45) is 2.35. The molecule has 0 aromatic heterocycles. The predicted molar refractivity (Wildman–Crippen MR) is 90.3 cm³/mol. The van der Waals surface area contributed by atoms with E-state index in [1.165, 1.54) is 5.69 Å². The number of piperazine rings is 1. The van der Waals surface area contributed by atoms with E-state index in [1.807, 2.05) is 17.0 Å². The Kier molecular flexibility index (Phi) is 5.20. The van der Waals surface area contributed by atoms with Crippen molar-refractivity contribution in [2.75, 3.05) is 44.2 Å². The lowest BCUT2D eigenvalue weighted by Crippen LogP contribution is -2.52. The highest BCUT2D eigenvalue weighted by Crippen LogP contribution is 2.26. The van der Waals surface area contributed by atoms with E-state index in [4.69, 9.17) is 4.74 Å². The number of hydrogen-bond acceptors (Lipinski definition) is 3. The van der Waals surface area contributed by atoms with Crippen molar-refractivity contribution in [2.45, 2.75) is 18.9 Å². The number of amides is 2. The zero-order valence-corrected chi connectivity index (χ0v) is 14.2. The van der Waals surface area contributed by atoms with Crippen LogP contribution in [0.2, 0.25) is 0 Å². The van der Waals surface area contributed by atoms with Crippen molar-refractivity contribution in [3.63, 3.8) is 0 Å². The van der Waals surface area contributed by atoms with Gasteiger partial charge in [-0.1, -0.05) is 12.1 Å². The molecular weight excluding hydrogens is 346 g/mol. The minimum atomic E-state index is 0.0299. The van der Waals surface area contributed by atoms with E-state index in [-0.39, 0.29) is 12.1 Å². The second-order valence-corrected chi connectivity index (χ2v) is 6.60. The molecule has 2 saturated heterocycles. The number of urea groups is 1. The van der Waals surface area contributed by atoms with Gasteiger partial charge in [-0.05, 0) is 40.9 Å². The standard InChI is InChI=1S/C16H22BrN3O2/c17-14-5-1-2-6-15(14)19-7-9-20(10-8-19)16(21)18-12-13-4-3-11-22-13/h1-2,5-6,13H,3-4,7-12H2,(H,18,21). The molecule has 2 aliphatic rings. The molecule has 3 rings (SSSR count). The van der Waals surface area contributed by atoms with Gasteiger partial charge in [-0.25, -0.2) is 4.79 Å². The van der Waals surface area contributed by atoms with Crippen LogP contribution < -0.4 is 10.2 Å². The van der Waals surface area contributed by atoms with Crippen LogP contribution in [0.5, 0.6) is 0 Å². The van der Waals surface area contributed by atoms with E-state index in [9.17, 15) is 4.79 Å². The molecule has 0 saturated carbocycles. The monoisotopic (exact) mass is 367 g/mol. The van der Waals surface area contributed by atoms with Gasteiger partial charge >= 0.3 is 6.03 Å². The van der Waals surface area contributed by atoms with Gasteiger partial charge in [-0.3, -0.25) is 0 Å². The fourth-order valence-electron chi connectivity index (χ4n) is 2.98. The summed E-state index contributed by atoms with van der Waals surface area (Å²) in [5.74, 6) is 0. The van der Waals surface area contributed by atoms with Crippen molar-refractivity contribution in [1.82, 2.24) is 10.2 Å². The number of ether oxygens (including phenoxy) is 1. The third kappa shape index (κ3) is 3.73. The first-order valence-corrected chi connectivity index (χ1v) is 8.67. The molecule has 0 bridgehead atoms. The molecule has 1 aromatic carbocycles. The van der Waals surface area contributed by atoms with Crippen LogP contribution in [0.4, 0.5) is 10.5 Å². The highest BCUT2D eigenvalue weighted by molar-refractivity contribution is 9.10. The fraction of sp³-hybridized carbons (Fsp3) is 0.562.